The Morgan fingerprint density at radius 2 is 2.44 bits per heavy atom. The Bertz CT molecular complexity index is 381. The lowest BCUT2D eigenvalue weighted by atomic mass is 10.0. The molecule has 1 aliphatic rings. The van der Waals surface area contributed by atoms with Crippen LogP contribution in [0.2, 0.25) is 0 Å². The molecular formula is C11H18N4O. The minimum absolute atomic E-state index is 0.119. The summed E-state index contributed by atoms with van der Waals surface area (Å²) in [7, 11) is 0. The molecule has 16 heavy (non-hydrogen) atoms. The van der Waals surface area contributed by atoms with Crippen molar-refractivity contribution in [3.05, 3.63) is 11.8 Å². The van der Waals surface area contributed by atoms with Crippen molar-refractivity contribution in [1.82, 2.24) is 15.5 Å². The molecule has 2 rings (SSSR count). The quantitative estimate of drug-likeness (QED) is 0.702. The summed E-state index contributed by atoms with van der Waals surface area (Å²) in [4.78, 5) is 11.7. The molecule has 5 heteroatoms. The van der Waals surface area contributed by atoms with Crippen molar-refractivity contribution in [2.45, 2.75) is 32.6 Å². The first kappa shape index (κ1) is 11.0. The Morgan fingerprint density at radius 3 is 2.94 bits per heavy atom. The van der Waals surface area contributed by atoms with Crippen LogP contribution in [0.4, 0.5) is 5.82 Å². The number of nitrogens with two attached hydrogens (primary N) is 1. The van der Waals surface area contributed by atoms with Gasteiger partial charge in [-0.1, -0.05) is 13.3 Å². The molecule has 1 aromatic rings. The zero-order valence-corrected chi connectivity index (χ0v) is 9.55. The molecule has 0 radical (unpaired) electrons. The number of carbonyl (C=O) groups is 1. The van der Waals surface area contributed by atoms with Crippen LogP contribution >= 0.6 is 0 Å². The topological polar surface area (TPSA) is 83.8 Å². The van der Waals surface area contributed by atoms with Crippen molar-refractivity contribution in [2.75, 3.05) is 12.3 Å². The summed E-state index contributed by atoms with van der Waals surface area (Å²) in [6, 6.07) is 1.55. The third-order valence-corrected chi connectivity index (χ3v) is 3.20. The van der Waals surface area contributed by atoms with Crippen molar-refractivity contribution in [3.63, 3.8) is 0 Å². The number of nitrogens with zero attached hydrogens (tertiary/aromatic N) is 1. The molecule has 1 aliphatic carbocycles. The molecule has 88 valence electrons. The number of hydrogen-bond acceptors (Lipinski definition) is 3. The van der Waals surface area contributed by atoms with Gasteiger partial charge in [0.05, 0.1) is 0 Å². The number of nitrogen functional groups attached to an aromatic ring is 1. The fourth-order valence-electron chi connectivity index (χ4n) is 2.04. The number of amides is 1. The second-order valence-electron chi connectivity index (χ2n) is 4.64. The number of carbonyl (C=O) groups excluding carboxylic acids is 1. The maximum atomic E-state index is 11.7. The predicted octanol–water partition coefficient (Wildman–Crippen LogP) is 1.30. The van der Waals surface area contributed by atoms with Crippen LogP contribution in [0.15, 0.2) is 6.07 Å². The van der Waals surface area contributed by atoms with E-state index >= 15 is 0 Å². The predicted molar refractivity (Wildman–Crippen MR) is 61.9 cm³/mol. The Hall–Kier alpha value is -1.52. The molecule has 1 fully saturated rings. The molecule has 1 saturated carbocycles. The largest absolute Gasteiger partial charge is 0.382 e. The summed E-state index contributed by atoms with van der Waals surface area (Å²) in [6.45, 7) is 2.94. The summed E-state index contributed by atoms with van der Waals surface area (Å²) in [6.07, 6.45) is 4.82. The lowest BCUT2D eigenvalue weighted by molar-refractivity contribution is 0.0938. The average Bonchev–Trinajstić information content (AvgIpc) is 2.89. The Balaban J connectivity index is 1.84. The van der Waals surface area contributed by atoms with E-state index in [0.717, 1.165) is 6.54 Å². The summed E-state index contributed by atoms with van der Waals surface area (Å²) >= 11 is 0. The fraction of sp³-hybridized carbons (Fsp3) is 0.636. The number of rotatable bonds is 5. The Morgan fingerprint density at radius 1 is 1.69 bits per heavy atom. The fourth-order valence-corrected chi connectivity index (χ4v) is 2.04. The minimum atomic E-state index is -0.119. The van der Waals surface area contributed by atoms with Crippen LogP contribution in [-0.4, -0.2) is 22.6 Å². The molecule has 0 aromatic carbocycles. The van der Waals surface area contributed by atoms with E-state index in [1.54, 1.807) is 6.07 Å². The molecule has 0 saturated heterocycles. The highest BCUT2D eigenvalue weighted by Gasteiger charge is 2.41. The van der Waals surface area contributed by atoms with E-state index < -0.39 is 0 Å². The van der Waals surface area contributed by atoms with E-state index in [0.29, 0.717) is 16.9 Å². The molecule has 0 unspecified atom stereocenters. The smallest absolute Gasteiger partial charge is 0.269 e. The highest BCUT2D eigenvalue weighted by atomic mass is 16.1. The first-order valence-corrected chi connectivity index (χ1v) is 5.74. The van der Waals surface area contributed by atoms with E-state index in [1.807, 2.05) is 0 Å². The van der Waals surface area contributed by atoms with Gasteiger partial charge in [-0.2, -0.15) is 5.10 Å². The number of H-pyrrole nitrogens is 1. The van der Waals surface area contributed by atoms with E-state index in [-0.39, 0.29) is 5.91 Å². The second kappa shape index (κ2) is 4.15. The first-order valence-electron chi connectivity index (χ1n) is 5.74. The Labute approximate surface area is 94.8 Å². The van der Waals surface area contributed by atoms with Gasteiger partial charge in [-0.3, -0.25) is 9.89 Å². The van der Waals surface area contributed by atoms with Gasteiger partial charge >= 0.3 is 0 Å². The van der Waals surface area contributed by atoms with Gasteiger partial charge in [0.25, 0.3) is 5.91 Å². The van der Waals surface area contributed by atoms with Gasteiger partial charge < -0.3 is 11.1 Å². The minimum Gasteiger partial charge on any atom is -0.382 e. The van der Waals surface area contributed by atoms with Crippen LogP contribution in [0.1, 0.15) is 43.1 Å². The van der Waals surface area contributed by atoms with Gasteiger partial charge in [0.2, 0.25) is 0 Å². The summed E-state index contributed by atoms with van der Waals surface area (Å²) in [5.74, 6) is 0.228. The molecule has 0 spiro atoms. The molecule has 4 N–H and O–H groups in total. The third kappa shape index (κ3) is 2.35. The van der Waals surface area contributed by atoms with Gasteiger partial charge in [0.1, 0.15) is 11.5 Å². The van der Waals surface area contributed by atoms with Crippen LogP contribution in [0, 0.1) is 5.41 Å². The van der Waals surface area contributed by atoms with Crippen molar-refractivity contribution in [2.24, 2.45) is 5.41 Å². The highest BCUT2D eigenvalue weighted by molar-refractivity contribution is 5.92. The van der Waals surface area contributed by atoms with Crippen molar-refractivity contribution < 1.29 is 4.79 Å². The Kier molecular flexibility index (Phi) is 2.85. The van der Waals surface area contributed by atoms with Crippen LogP contribution < -0.4 is 11.1 Å². The van der Waals surface area contributed by atoms with Crippen molar-refractivity contribution in [1.29, 1.82) is 0 Å². The normalized spacial score (nSPS) is 17.1. The monoisotopic (exact) mass is 222 g/mol. The molecule has 0 bridgehead atoms. The number of hydrogen-bond donors (Lipinski definition) is 3. The van der Waals surface area contributed by atoms with Crippen molar-refractivity contribution in [3.8, 4) is 0 Å². The maximum absolute atomic E-state index is 11.7. The van der Waals surface area contributed by atoms with E-state index in [4.69, 9.17) is 5.73 Å². The highest BCUT2D eigenvalue weighted by Crippen LogP contribution is 2.48. The van der Waals surface area contributed by atoms with E-state index in [9.17, 15) is 4.79 Å². The molecule has 1 heterocycles. The number of aromatic nitrogens is 2. The van der Waals surface area contributed by atoms with Gasteiger partial charge in [-0.25, -0.2) is 0 Å². The number of aromatic amines is 1. The van der Waals surface area contributed by atoms with E-state index in [1.165, 1.54) is 25.7 Å². The average molecular weight is 222 g/mol. The molecule has 0 aliphatic heterocycles. The van der Waals surface area contributed by atoms with Crippen LogP contribution in [0.5, 0.6) is 0 Å². The van der Waals surface area contributed by atoms with Gasteiger partial charge in [0, 0.05) is 12.6 Å². The van der Waals surface area contributed by atoms with Gasteiger partial charge in [0.15, 0.2) is 0 Å². The summed E-state index contributed by atoms with van der Waals surface area (Å²) in [5.41, 5.74) is 6.24. The zero-order valence-electron chi connectivity index (χ0n) is 9.55. The van der Waals surface area contributed by atoms with Crippen LogP contribution in [-0.2, 0) is 0 Å². The number of anilines is 1. The van der Waals surface area contributed by atoms with E-state index in [2.05, 4.69) is 22.4 Å². The molecule has 0 atom stereocenters. The maximum Gasteiger partial charge on any atom is 0.269 e. The first-order chi connectivity index (χ1) is 7.65. The summed E-state index contributed by atoms with van der Waals surface area (Å²) in [5, 5.41) is 9.27. The molecule has 1 aromatic heterocycles. The van der Waals surface area contributed by atoms with Gasteiger partial charge in [-0.15, -0.1) is 0 Å². The molecule has 1 amide bonds. The number of nitrogens with one attached hydrogen (secondary N) is 2. The lowest BCUT2D eigenvalue weighted by Crippen LogP contribution is -2.30. The van der Waals surface area contributed by atoms with Crippen molar-refractivity contribution >= 4 is 11.7 Å². The zero-order chi connectivity index (χ0) is 11.6. The third-order valence-electron chi connectivity index (χ3n) is 3.20. The standard InChI is InChI=1S/C11H18N4O/c1-2-3-11(4-5-11)7-13-10(16)8-6-9(12)15-14-8/h6H,2-5,7H2,1H3,(H,13,16)(H3,12,14,15). The lowest BCUT2D eigenvalue weighted by Gasteiger charge is -2.14. The van der Waals surface area contributed by atoms with Gasteiger partial charge in [-0.05, 0) is 24.7 Å². The molecular weight excluding hydrogens is 204 g/mol. The second-order valence-corrected chi connectivity index (χ2v) is 4.64. The summed E-state index contributed by atoms with van der Waals surface area (Å²) < 4.78 is 0. The molecule has 5 nitrogen and oxygen atoms in total. The van der Waals surface area contributed by atoms with Crippen LogP contribution in [0.25, 0.3) is 0 Å². The van der Waals surface area contributed by atoms with Crippen LogP contribution in [0.3, 0.4) is 0 Å². The SMILES string of the molecule is CCCC1(CNC(=O)c2cc(N)n[nH]2)CC1.